The van der Waals surface area contributed by atoms with E-state index in [1.54, 1.807) is 18.4 Å². The molecule has 5 heteroatoms. The lowest BCUT2D eigenvalue weighted by Gasteiger charge is -2.07. The Morgan fingerprint density at radius 1 is 1.20 bits per heavy atom. The molecule has 0 saturated carbocycles. The number of nitrogens with zero attached hydrogens (tertiary/aromatic N) is 1. The molecule has 0 radical (unpaired) electrons. The number of ketones is 1. The number of aryl methyl sites for hydroxylation is 2. The predicted molar refractivity (Wildman–Crippen MR) is 104 cm³/mol. The van der Waals surface area contributed by atoms with Crippen molar-refractivity contribution in [1.82, 2.24) is 9.88 Å². The Bertz CT molecular complexity index is 862. The minimum atomic E-state index is 0.0724. The topological polar surface area (TPSA) is 43.3 Å². The SMILES string of the molecule is CNCCCCn1c(C)cc2cc(C(=O)c3ccc(OC)cc3)sc21. The number of fused-ring (bicyclic) bond motifs is 1. The second-order valence-corrected chi connectivity index (χ2v) is 7.21. The molecule has 0 aliphatic heterocycles. The molecule has 0 saturated heterocycles. The van der Waals surface area contributed by atoms with Gasteiger partial charge in [0.15, 0.2) is 0 Å². The lowest BCUT2D eigenvalue weighted by atomic mass is 10.1. The minimum Gasteiger partial charge on any atom is -0.497 e. The van der Waals surface area contributed by atoms with E-state index in [2.05, 4.69) is 22.9 Å². The van der Waals surface area contributed by atoms with Crippen molar-refractivity contribution in [2.45, 2.75) is 26.3 Å². The van der Waals surface area contributed by atoms with Gasteiger partial charge in [-0.3, -0.25) is 4.79 Å². The second-order valence-electron chi connectivity index (χ2n) is 6.18. The van der Waals surface area contributed by atoms with Gasteiger partial charge in [0.2, 0.25) is 5.78 Å². The first-order valence-corrected chi connectivity index (χ1v) is 9.38. The number of hydrogen-bond acceptors (Lipinski definition) is 4. The molecule has 0 spiro atoms. The number of unbranched alkanes of at least 4 members (excludes halogenated alkanes) is 1. The van der Waals surface area contributed by atoms with Crippen LogP contribution in [0.2, 0.25) is 0 Å². The normalized spacial score (nSPS) is 11.2. The number of carbonyl (C=O) groups excluding carboxylic acids is 1. The van der Waals surface area contributed by atoms with Crippen LogP contribution in [0, 0.1) is 6.92 Å². The molecule has 3 aromatic rings. The van der Waals surface area contributed by atoms with E-state index in [0.717, 1.165) is 41.9 Å². The number of aromatic nitrogens is 1. The minimum absolute atomic E-state index is 0.0724. The summed E-state index contributed by atoms with van der Waals surface area (Å²) in [6, 6.07) is 11.5. The van der Waals surface area contributed by atoms with Crippen molar-refractivity contribution < 1.29 is 9.53 Å². The zero-order valence-corrected chi connectivity index (χ0v) is 15.8. The third kappa shape index (κ3) is 3.78. The van der Waals surface area contributed by atoms with E-state index >= 15 is 0 Å². The van der Waals surface area contributed by atoms with Crippen LogP contribution in [0.5, 0.6) is 5.75 Å². The number of benzene rings is 1. The number of nitrogens with one attached hydrogen (secondary N) is 1. The molecule has 0 atom stereocenters. The Labute approximate surface area is 152 Å². The molecule has 0 bridgehead atoms. The first-order valence-electron chi connectivity index (χ1n) is 8.57. The van der Waals surface area contributed by atoms with Crippen molar-refractivity contribution >= 4 is 27.3 Å². The van der Waals surface area contributed by atoms with Gasteiger partial charge in [0.25, 0.3) is 0 Å². The van der Waals surface area contributed by atoms with Crippen LogP contribution in [0.4, 0.5) is 0 Å². The molecule has 0 amide bonds. The summed E-state index contributed by atoms with van der Waals surface area (Å²) in [5.74, 6) is 0.833. The molecule has 25 heavy (non-hydrogen) atoms. The number of thiophene rings is 1. The lowest BCUT2D eigenvalue weighted by molar-refractivity contribution is 0.104. The van der Waals surface area contributed by atoms with Gasteiger partial charge in [0, 0.05) is 23.2 Å². The molecule has 1 N–H and O–H groups in total. The van der Waals surface area contributed by atoms with Crippen molar-refractivity contribution in [3.8, 4) is 5.75 Å². The maximum absolute atomic E-state index is 12.8. The third-order valence-electron chi connectivity index (χ3n) is 4.41. The quantitative estimate of drug-likeness (QED) is 0.485. The van der Waals surface area contributed by atoms with Crippen LogP contribution >= 0.6 is 11.3 Å². The van der Waals surface area contributed by atoms with Crippen LogP contribution in [0.25, 0.3) is 10.2 Å². The highest BCUT2D eigenvalue weighted by atomic mass is 32.1. The van der Waals surface area contributed by atoms with E-state index in [1.807, 2.05) is 37.4 Å². The van der Waals surface area contributed by atoms with Crippen LogP contribution in [-0.4, -0.2) is 31.1 Å². The van der Waals surface area contributed by atoms with Gasteiger partial charge in [-0.25, -0.2) is 0 Å². The lowest BCUT2D eigenvalue weighted by Crippen LogP contribution is -2.09. The molecule has 3 rings (SSSR count). The number of methoxy groups -OCH3 is 1. The Balaban J connectivity index is 1.82. The highest BCUT2D eigenvalue weighted by Crippen LogP contribution is 2.31. The first kappa shape index (κ1) is 17.7. The summed E-state index contributed by atoms with van der Waals surface area (Å²) >= 11 is 1.59. The molecule has 0 aliphatic carbocycles. The molecule has 4 nitrogen and oxygen atoms in total. The Morgan fingerprint density at radius 2 is 1.96 bits per heavy atom. The van der Waals surface area contributed by atoms with E-state index in [4.69, 9.17) is 4.74 Å². The number of ether oxygens (including phenoxy) is 1. The first-order chi connectivity index (χ1) is 12.1. The number of rotatable bonds is 8. The standard InChI is InChI=1S/C20H24N2O2S/c1-14-12-16-13-18(19(23)15-6-8-17(24-3)9-7-15)25-20(16)22(14)11-5-4-10-21-2/h6-9,12-13,21H,4-5,10-11H2,1-3H3. The highest BCUT2D eigenvalue weighted by Gasteiger charge is 2.16. The monoisotopic (exact) mass is 356 g/mol. The number of hydrogen-bond donors (Lipinski definition) is 1. The van der Waals surface area contributed by atoms with Gasteiger partial charge < -0.3 is 14.6 Å². The average molecular weight is 356 g/mol. The molecule has 1 aromatic carbocycles. The van der Waals surface area contributed by atoms with Gasteiger partial charge in [-0.05, 0) is 69.8 Å². The van der Waals surface area contributed by atoms with Gasteiger partial charge in [0.05, 0.1) is 12.0 Å². The summed E-state index contributed by atoms with van der Waals surface area (Å²) in [5.41, 5.74) is 1.95. The molecule has 0 unspecified atom stereocenters. The Hall–Kier alpha value is -2.11. The summed E-state index contributed by atoms with van der Waals surface area (Å²) in [6.45, 7) is 4.17. The van der Waals surface area contributed by atoms with Crippen molar-refractivity contribution in [3.63, 3.8) is 0 Å². The molecule has 2 heterocycles. The third-order valence-corrected chi connectivity index (χ3v) is 5.58. The summed E-state index contributed by atoms with van der Waals surface area (Å²) in [7, 11) is 3.61. The average Bonchev–Trinajstić information content (AvgIpc) is 3.16. The van der Waals surface area contributed by atoms with Crippen molar-refractivity contribution in [1.29, 1.82) is 0 Å². The van der Waals surface area contributed by atoms with Crippen LogP contribution in [0.15, 0.2) is 36.4 Å². The van der Waals surface area contributed by atoms with E-state index < -0.39 is 0 Å². The van der Waals surface area contributed by atoms with Gasteiger partial charge in [-0.15, -0.1) is 11.3 Å². The van der Waals surface area contributed by atoms with E-state index in [9.17, 15) is 4.79 Å². The summed E-state index contributed by atoms with van der Waals surface area (Å²) in [5, 5.41) is 4.34. The molecule has 2 aromatic heterocycles. The van der Waals surface area contributed by atoms with Crippen LogP contribution in [-0.2, 0) is 6.54 Å². The smallest absolute Gasteiger partial charge is 0.203 e. The number of carbonyl (C=O) groups is 1. The summed E-state index contributed by atoms with van der Waals surface area (Å²) < 4.78 is 7.49. The van der Waals surface area contributed by atoms with Crippen molar-refractivity contribution in [2.75, 3.05) is 20.7 Å². The van der Waals surface area contributed by atoms with Gasteiger partial charge >= 0.3 is 0 Å². The van der Waals surface area contributed by atoms with Gasteiger partial charge in [-0.1, -0.05) is 0 Å². The fourth-order valence-electron chi connectivity index (χ4n) is 3.02. The largest absolute Gasteiger partial charge is 0.497 e. The Kier molecular flexibility index (Phi) is 5.56. The fourth-order valence-corrected chi connectivity index (χ4v) is 4.21. The van der Waals surface area contributed by atoms with E-state index in [0.29, 0.717) is 5.56 Å². The van der Waals surface area contributed by atoms with Crippen molar-refractivity contribution in [3.05, 3.63) is 52.5 Å². The maximum atomic E-state index is 12.8. The fraction of sp³-hybridized carbons (Fsp3) is 0.350. The highest BCUT2D eigenvalue weighted by molar-refractivity contribution is 7.20. The molecule has 132 valence electrons. The van der Waals surface area contributed by atoms with E-state index in [-0.39, 0.29) is 5.78 Å². The van der Waals surface area contributed by atoms with E-state index in [1.165, 1.54) is 10.5 Å². The molecule has 0 aliphatic rings. The molecular formula is C20H24N2O2S. The summed E-state index contributed by atoms with van der Waals surface area (Å²) in [6.07, 6.45) is 2.28. The molecule has 0 fully saturated rings. The predicted octanol–water partition coefficient (Wildman–Crippen LogP) is 4.25. The van der Waals surface area contributed by atoms with Crippen LogP contribution < -0.4 is 10.1 Å². The molecular weight excluding hydrogens is 332 g/mol. The van der Waals surface area contributed by atoms with Gasteiger partial charge in [-0.2, -0.15) is 0 Å². The zero-order valence-electron chi connectivity index (χ0n) is 15.0. The second kappa shape index (κ2) is 7.85. The maximum Gasteiger partial charge on any atom is 0.203 e. The van der Waals surface area contributed by atoms with Crippen LogP contribution in [0.1, 0.15) is 33.8 Å². The van der Waals surface area contributed by atoms with Crippen molar-refractivity contribution in [2.24, 2.45) is 0 Å². The summed E-state index contributed by atoms with van der Waals surface area (Å²) in [4.78, 5) is 14.7. The van der Waals surface area contributed by atoms with Gasteiger partial charge in [0.1, 0.15) is 10.6 Å². The zero-order chi connectivity index (χ0) is 17.8. The van der Waals surface area contributed by atoms with Crippen LogP contribution in [0.3, 0.4) is 0 Å². The Morgan fingerprint density at radius 3 is 2.64 bits per heavy atom.